The molecule has 1 fully saturated rings. The molecular weight excluding hydrogens is 450 g/mol. The van der Waals surface area contributed by atoms with Crippen molar-refractivity contribution in [3.63, 3.8) is 0 Å². The van der Waals surface area contributed by atoms with Crippen LogP contribution in [0.4, 0.5) is 0 Å². The van der Waals surface area contributed by atoms with E-state index >= 15 is 0 Å². The summed E-state index contributed by atoms with van der Waals surface area (Å²) in [5.41, 5.74) is 0.237. The molecule has 1 saturated carbocycles. The zero-order chi connectivity index (χ0) is 14.9. The molecule has 0 heterocycles. The maximum absolute atomic E-state index is 6.34. The van der Waals surface area contributed by atoms with Gasteiger partial charge in [0.2, 0.25) is 0 Å². The van der Waals surface area contributed by atoms with Gasteiger partial charge in [0.1, 0.15) is 11.9 Å². The van der Waals surface area contributed by atoms with Gasteiger partial charge in [-0.3, -0.25) is 0 Å². The van der Waals surface area contributed by atoms with Crippen LogP contribution in [0, 0.1) is 5.41 Å². The van der Waals surface area contributed by atoms with Gasteiger partial charge in [-0.1, -0.05) is 29.8 Å². The van der Waals surface area contributed by atoms with Gasteiger partial charge in [-0.25, -0.2) is 0 Å². The Kier molecular flexibility index (Phi) is 5.60. The zero-order valence-corrected chi connectivity index (χ0v) is 16.7. The van der Waals surface area contributed by atoms with Crippen molar-refractivity contribution in [2.24, 2.45) is 5.41 Å². The first-order valence-corrected chi connectivity index (χ1v) is 9.34. The van der Waals surface area contributed by atoms with Crippen molar-refractivity contribution in [2.75, 3.05) is 7.05 Å². The molecule has 2 unspecified atom stereocenters. The zero-order valence-electron chi connectivity index (χ0n) is 12.0. The van der Waals surface area contributed by atoms with Gasteiger partial charge >= 0.3 is 0 Å². The molecule has 2 nitrogen and oxygen atoms in total. The minimum Gasteiger partial charge on any atom is -0.487 e. The van der Waals surface area contributed by atoms with Crippen molar-refractivity contribution in [1.82, 2.24) is 5.32 Å². The van der Waals surface area contributed by atoms with E-state index in [2.05, 4.69) is 67.0 Å². The fraction of sp³-hybridized carbons (Fsp3) is 0.600. The molecule has 1 aromatic rings. The summed E-state index contributed by atoms with van der Waals surface area (Å²) in [4.78, 5) is 0. The molecule has 0 aliphatic heterocycles. The average molecular weight is 470 g/mol. The second-order valence-electron chi connectivity index (χ2n) is 5.32. The largest absolute Gasteiger partial charge is 0.487 e. The molecular formula is C15H20Br3NO. The molecule has 2 atom stereocenters. The Morgan fingerprint density at radius 3 is 2.20 bits per heavy atom. The van der Waals surface area contributed by atoms with E-state index in [1.807, 2.05) is 19.2 Å². The summed E-state index contributed by atoms with van der Waals surface area (Å²) in [6.07, 6.45) is 3.59. The first-order chi connectivity index (χ1) is 9.48. The smallest absolute Gasteiger partial charge is 0.148 e. The minimum atomic E-state index is 0.237. The van der Waals surface area contributed by atoms with Crippen molar-refractivity contribution in [3.05, 3.63) is 25.6 Å². The van der Waals surface area contributed by atoms with Gasteiger partial charge in [0, 0.05) is 22.4 Å². The molecule has 1 aliphatic rings. The molecule has 0 spiro atoms. The SMILES string of the molecule is CCC1(CC)C(NC)CC1Oc1c(Br)cc(Br)cc1Br. The number of halogens is 3. The number of hydrogen-bond acceptors (Lipinski definition) is 2. The average Bonchev–Trinajstić information content (AvgIpc) is 2.37. The maximum atomic E-state index is 6.34. The van der Waals surface area contributed by atoms with E-state index in [1.54, 1.807) is 0 Å². The Bertz CT molecular complexity index is 465. The van der Waals surface area contributed by atoms with Crippen LogP contribution < -0.4 is 10.1 Å². The molecule has 1 aromatic carbocycles. The van der Waals surface area contributed by atoms with Gasteiger partial charge in [0.05, 0.1) is 8.95 Å². The van der Waals surface area contributed by atoms with Gasteiger partial charge in [-0.2, -0.15) is 0 Å². The number of hydrogen-bond donors (Lipinski definition) is 1. The Balaban J connectivity index is 2.23. The van der Waals surface area contributed by atoms with Gasteiger partial charge < -0.3 is 10.1 Å². The van der Waals surface area contributed by atoms with Gasteiger partial charge in [-0.15, -0.1) is 0 Å². The van der Waals surface area contributed by atoms with Crippen LogP contribution in [-0.4, -0.2) is 19.2 Å². The van der Waals surface area contributed by atoms with E-state index in [1.165, 1.54) is 0 Å². The molecule has 1 N–H and O–H groups in total. The quantitative estimate of drug-likeness (QED) is 0.613. The van der Waals surface area contributed by atoms with Gasteiger partial charge in [0.25, 0.3) is 0 Å². The predicted octanol–water partition coefficient (Wildman–Crippen LogP) is 5.52. The highest BCUT2D eigenvalue weighted by molar-refractivity contribution is 9.11. The molecule has 1 aliphatic carbocycles. The Morgan fingerprint density at radius 1 is 1.20 bits per heavy atom. The van der Waals surface area contributed by atoms with Crippen LogP contribution >= 0.6 is 47.8 Å². The molecule has 0 bridgehead atoms. The highest BCUT2D eigenvalue weighted by Gasteiger charge is 2.53. The molecule has 0 radical (unpaired) electrons. The van der Waals surface area contributed by atoms with E-state index in [9.17, 15) is 0 Å². The highest BCUT2D eigenvalue weighted by Crippen LogP contribution is 2.50. The second-order valence-corrected chi connectivity index (χ2v) is 7.95. The first-order valence-electron chi connectivity index (χ1n) is 6.97. The van der Waals surface area contributed by atoms with Crippen molar-refractivity contribution in [3.8, 4) is 5.75 Å². The number of rotatable bonds is 5. The summed E-state index contributed by atoms with van der Waals surface area (Å²) in [7, 11) is 2.05. The Labute approximate surface area is 146 Å². The Hall–Kier alpha value is 0.420. The standard InChI is InChI=1S/C15H20Br3NO/c1-4-15(5-2)12(19-3)8-13(15)20-14-10(17)6-9(16)7-11(14)18/h6-7,12-13,19H,4-5,8H2,1-3H3. The first kappa shape index (κ1) is 16.8. The summed E-state index contributed by atoms with van der Waals surface area (Å²) in [5, 5.41) is 3.44. The van der Waals surface area contributed by atoms with Crippen LogP contribution in [0.15, 0.2) is 25.6 Å². The molecule has 0 aromatic heterocycles. The van der Waals surface area contributed by atoms with Crippen molar-refractivity contribution in [1.29, 1.82) is 0 Å². The number of nitrogens with one attached hydrogen (secondary N) is 1. The maximum Gasteiger partial charge on any atom is 0.148 e. The molecule has 20 heavy (non-hydrogen) atoms. The third kappa shape index (κ3) is 2.83. The number of benzene rings is 1. The normalized spacial score (nSPS) is 24.3. The molecule has 5 heteroatoms. The lowest BCUT2D eigenvalue weighted by Crippen LogP contribution is -2.63. The highest BCUT2D eigenvalue weighted by atomic mass is 79.9. The summed E-state index contributed by atoms with van der Waals surface area (Å²) < 4.78 is 9.33. The van der Waals surface area contributed by atoms with Gasteiger partial charge in [0.15, 0.2) is 0 Å². The van der Waals surface area contributed by atoms with Crippen LogP contribution in [0.2, 0.25) is 0 Å². The number of ether oxygens (including phenoxy) is 1. The van der Waals surface area contributed by atoms with E-state index < -0.39 is 0 Å². The van der Waals surface area contributed by atoms with Crippen LogP contribution in [0.3, 0.4) is 0 Å². The van der Waals surface area contributed by atoms with E-state index in [4.69, 9.17) is 4.74 Å². The third-order valence-corrected chi connectivity index (χ3v) is 6.31. The third-order valence-electron chi connectivity index (χ3n) is 4.67. The molecule has 0 saturated heterocycles. The fourth-order valence-electron chi connectivity index (χ4n) is 3.30. The second kappa shape index (κ2) is 6.67. The molecule has 112 valence electrons. The Morgan fingerprint density at radius 2 is 1.75 bits per heavy atom. The minimum absolute atomic E-state index is 0.237. The summed E-state index contributed by atoms with van der Waals surface area (Å²) >= 11 is 10.7. The van der Waals surface area contributed by atoms with Crippen LogP contribution in [0.5, 0.6) is 5.75 Å². The summed E-state index contributed by atoms with van der Waals surface area (Å²) in [5.74, 6) is 0.902. The fourth-order valence-corrected chi connectivity index (χ4v) is 5.75. The van der Waals surface area contributed by atoms with E-state index in [-0.39, 0.29) is 11.5 Å². The van der Waals surface area contributed by atoms with Crippen molar-refractivity contribution < 1.29 is 4.74 Å². The van der Waals surface area contributed by atoms with E-state index in [0.29, 0.717) is 6.04 Å². The van der Waals surface area contributed by atoms with Crippen molar-refractivity contribution >= 4 is 47.8 Å². The van der Waals surface area contributed by atoms with Crippen LogP contribution in [0.1, 0.15) is 33.1 Å². The lowest BCUT2D eigenvalue weighted by molar-refractivity contribution is -0.0842. The van der Waals surface area contributed by atoms with Crippen LogP contribution in [-0.2, 0) is 0 Å². The summed E-state index contributed by atoms with van der Waals surface area (Å²) in [6, 6.07) is 4.59. The monoisotopic (exact) mass is 467 g/mol. The lowest BCUT2D eigenvalue weighted by atomic mass is 9.58. The predicted molar refractivity (Wildman–Crippen MR) is 94.4 cm³/mol. The van der Waals surface area contributed by atoms with Gasteiger partial charge in [-0.05, 0) is 63.9 Å². The van der Waals surface area contributed by atoms with Crippen LogP contribution in [0.25, 0.3) is 0 Å². The van der Waals surface area contributed by atoms with Crippen molar-refractivity contribution in [2.45, 2.75) is 45.3 Å². The lowest BCUT2D eigenvalue weighted by Gasteiger charge is -2.55. The molecule has 0 amide bonds. The van der Waals surface area contributed by atoms with E-state index in [0.717, 1.165) is 38.4 Å². The summed E-state index contributed by atoms with van der Waals surface area (Å²) in [6.45, 7) is 4.52. The molecule has 2 rings (SSSR count). The topological polar surface area (TPSA) is 21.3 Å².